The fourth-order valence-electron chi connectivity index (χ4n) is 4.31. The fourth-order valence-corrected chi connectivity index (χ4v) is 6.01. The van der Waals surface area contributed by atoms with E-state index in [0.29, 0.717) is 46.9 Å². The summed E-state index contributed by atoms with van der Waals surface area (Å²) in [7, 11) is 3.90. The molecule has 0 saturated carbocycles. The number of nitrogens with one attached hydrogen (secondary N) is 2. The molecule has 0 aliphatic heterocycles. The lowest BCUT2D eigenvalue weighted by Crippen LogP contribution is -2.19. The van der Waals surface area contributed by atoms with Crippen LogP contribution in [0.4, 0.5) is 5.69 Å². The number of aromatic amines is 1. The van der Waals surface area contributed by atoms with E-state index in [1.807, 2.05) is 55.4 Å². The first-order chi connectivity index (χ1) is 20.1. The Hall–Kier alpha value is -3.63. The molecular weight excluding hydrogens is 707 g/mol. The van der Waals surface area contributed by atoms with Crippen molar-refractivity contribution in [2.45, 2.75) is 0 Å². The lowest BCUT2D eigenvalue weighted by molar-refractivity contribution is 0.0733. The van der Waals surface area contributed by atoms with E-state index < -0.39 is 11.9 Å². The highest BCUT2D eigenvalue weighted by Crippen LogP contribution is 2.38. The molecule has 0 unspecified atom stereocenters. The van der Waals surface area contributed by atoms with Crippen LogP contribution in [-0.2, 0) is 0 Å². The van der Waals surface area contributed by atoms with E-state index in [4.69, 9.17) is 27.9 Å². The van der Waals surface area contributed by atoms with Crippen molar-refractivity contribution >= 4 is 89.7 Å². The van der Waals surface area contributed by atoms with Crippen LogP contribution in [0.3, 0.4) is 0 Å². The van der Waals surface area contributed by atoms with Crippen LogP contribution in [0.25, 0.3) is 22.0 Å². The number of nitrogens with zero attached hydrogens (tertiary/aromatic N) is 2. The van der Waals surface area contributed by atoms with Gasteiger partial charge in [0.1, 0.15) is 5.69 Å². The molecule has 0 bridgehead atoms. The van der Waals surface area contributed by atoms with E-state index in [1.54, 1.807) is 42.5 Å². The minimum Gasteiger partial charge on any atom is -0.421 e. The molecule has 5 aromatic rings. The van der Waals surface area contributed by atoms with Gasteiger partial charge in [0.2, 0.25) is 0 Å². The maximum atomic E-state index is 13.5. The number of rotatable bonds is 7. The number of fused-ring (bicyclic) bond motifs is 1. The third kappa shape index (κ3) is 6.39. The van der Waals surface area contributed by atoms with Crippen molar-refractivity contribution in [2.75, 3.05) is 19.0 Å². The Kier molecular flexibility index (Phi) is 9.03. The number of hydrazone groups is 1. The van der Waals surface area contributed by atoms with Crippen LogP contribution in [-0.4, -0.2) is 37.2 Å². The van der Waals surface area contributed by atoms with Crippen molar-refractivity contribution in [3.05, 3.63) is 115 Å². The average molecular weight is 729 g/mol. The number of H-pyrrole nitrogens is 1. The molecule has 0 radical (unpaired) electrons. The molecule has 4 aromatic carbocycles. The highest BCUT2D eigenvalue weighted by atomic mass is 79.9. The number of halogens is 4. The zero-order chi connectivity index (χ0) is 30.0. The van der Waals surface area contributed by atoms with Crippen molar-refractivity contribution < 1.29 is 14.3 Å². The summed E-state index contributed by atoms with van der Waals surface area (Å²) in [6.45, 7) is 0. The molecule has 0 spiro atoms. The van der Waals surface area contributed by atoms with Gasteiger partial charge in [-0.15, -0.1) is 0 Å². The lowest BCUT2D eigenvalue weighted by Gasteiger charge is -2.13. The molecule has 212 valence electrons. The van der Waals surface area contributed by atoms with Gasteiger partial charge in [0.15, 0.2) is 5.75 Å². The quantitative estimate of drug-likeness (QED) is 0.0760. The smallest absolute Gasteiger partial charge is 0.343 e. The molecular formula is C31H22Br2Cl2N4O3. The van der Waals surface area contributed by atoms with Crippen molar-refractivity contribution in [3.8, 4) is 16.9 Å². The summed E-state index contributed by atoms with van der Waals surface area (Å²) >= 11 is 19.4. The van der Waals surface area contributed by atoms with Gasteiger partial charge in [0.25, 0.3) is 5.91 Å². The molecule has 0 fully saturated rings. The van der Waals surface area contributed by atoms with Crippen LogP contribution in [0.2, 0.25) is 10.0 Å². The highest BCUT2D eigenvalue weighted by Gasteiger charge is 2.22. The van der Waals surface area contributed by atoms with E-state index >= 15 is 0 Å². The largest absolute Gasteiger partial charge is 0.421 e. The Balaban J connectivity index is 1.47. The minimum absolute atomic E-state index is 0.231. The van der Waals surface area contributed by atoms with E-state index in [0.717, 1.165) is 16.6 Å². The van der Waals surface area contributed by atoms with Crippen LogP contribution >= 0.6 is 55.1 Å². The first-order valence-corrected chi connectivity index (χ1v) is 14.8. The first-order valence-electron chi connectivity index (χ1n) is 12.5. The Labute approximate surface area is 268 Å². The summed E-state index contributed by atoms with van der Waals surface area (Å²) in [6.07, 6.45) is 1.40. The van der Waals surface area contributed by atoms with Gasteiger partial charge in [-0.05, 0) is 76.6 Å². The molecule has 42 heavy (non-hydrogen) atoms. The summed E-state index contributed by atoms with van der Waals surface area (Å²) < 4.78 is 6.91. The minimum atomic E-state index is -0.576. The first kappa shape index (κ1) is 29.8. The fraction of sp³-hybridized carbons (Fsp3) is 0.0645. The number of ether oxygens (including phenoxy) is 1. The number of carbonyl (C=O) groups is 2. The number of hydrogen-bond acceptors (Lipinski definition) is 5. The second-order valence-corrected chi connectivity index (χ2v) is 12.0. The summed E-state index contributed by atoms with van der Waals surface area (Å²) in [5.41, 5.74) is 6.78. The molecule has 2 N–H and O–H groups in total. The summed E-state index contributed by atoms with van der Waals surface area (Å²) in [4.78, 5) is 31.5. The van der Waals surface area contributed by atoms with Gasteiger partial charge in [0, 0.05) is 61.9 Å². The Bertz CT molecular complexity index is 1850. The van der Waals surface area contributed by atoms with E-state index in [-0.39, 0.29) is 5.75 Å². The maximum absolute atomic E-state index is 13.5. The number of benzene rings is 4. The number of anilines is 1. The molecule has 1 aromatic heterocycles. The van der Waals surface area contributed by atoms with Crippen LogP contribution in [0.5, 0.6) is 5.75 Å². The van der Waals surface area contributed by atoms with Gasteiger partial charge in [0.05, 0.1) is 16.3 Å². The van der Waals surface area contributed by atoms with Crippen molar-refractivity contribution in [3.63, 3.8) is 0 Å². The molecule has 0 atom stereocenters. The highest BCUT2D eigenvalue weighted by molar-refractivity contribution is 9.11. The Morgan fingerprint density at radius 1 is 0.976 bits per heavy atom. The zero-order valence-corrected chi connectivity index (χ0v) is 26.9. The number of carbonyl (C=O) groups excluding carboxylic acids is 2. The predicted molar refractivity (Wildman–Crippen MR) is 176 cm³/mol. The molecule has 1 heterocycles. The predicted octanol–water partition coefficient (Wildman–Crippen LogP) is 8.72. The maximum Gasteiger partial charge on any atom is 0.343 e. The van der Waals surface area contributed by atoms with E-state index in [2.05, 4.69) is 47.4 Å². The van der Waals surface area contributed by atoms with Crippen molar-refractivity contribution in [1.82, 2.24) is 10.4 Å². The molecule has 0 aliphatic rings. The Morgan fingerprint density at radius 3 is 2.43 bits per heavy atom. The second kappa shape index (κ2) is 12.7. The molecule has 0 saturated heterocycles. The number of amides is 1. The SMILES string of the molecule is CN(C)c1ccc2[nH]c(C(=O)NN=Cc3cc(Br)cc(Br)c3OC(=O)c3ccc(Cl)cc3)c(-c3ccccc3Cl)c2c1. The van der Waals surface area contributed by atoms with Crippen LogP contribution < -0.4 is 15.1 Å². The Morgan fingerprint density at radius 2 is 1.71 bits per heavy atom. The third-order valence-corrected chi connectivity index (χ3v) is 7.98. The third-order valence-electron chi connectivity index (χ3n) is 6.35. The number of esters is 1. The van der Waals surface area contributed by atoms with Gasteiger partial charge in [-0.25, -0.2) is 10.2 Å². The normalized spacial score (nSPS) is 11.2. The van der Waals surface area contributed by atoms with Gasteiger partial charge in [-0.3, -0.25) is 4.79 Å². The number of aromatic nitrogens is 1. The molecule has 5 rings (SSSR count). The molecule has 0 aliphatic carbocycles. The monoisotopic (exact) mass is 726 g/mol. The standard InChI is InChI=1S/C31H22Br2Cl2N4O3/c1-39(2)21-11-12-26-23(15-21)27(22-5-3-4-6-25(22)35)28(37-26)30(40)38-36-16-18-13-19(32)14-24(33)29(18)42-31(41)17-7-9-20(34)10-8-17/h3-16,37H,1-2H3,(H,38,40). The van der Waals surface area contributed by atoms with Crippen molar-refractivity contribution in [2.24, 2.45) is 5.10 Å². The van der Waals surface area contributed by atoms with Gasteiger partial charge in [-0.2, -0.15) is 5.10 Å². The van der Waals surface area contributed by atoms with Gasteiger partial charge >= 0.3 is 5.97 Å². The van der Waals surface area contributed by atoms with Gasteiger partial charge < -0.3 is 14.6 Å². The van der Waals surface area contributed by atoms with Crippen LogP contribution in [0, 0.1) is 0 Å². The molecule has 1 amide bonds. The van der Waals surface area contributed by atoms with Crippen LogP contribution in [0.1, 0.15) is 26.4 Å². The topological polar surface area (TPSA) is 86.8 Å². The van der Waals surface area contributed by atoms with Crippen molar-refractivity contribution in [1.29, 1.82) is 0 Å². The second-order valence-electron chi connectivity index (χ2n) is 9.38. The van der Waals surface area contributed by atoms with Gasteiger partial charge in [-0.1, -0.05) is 57.3 Å². The zero-order valence-electron chi connectivity index (χ0n) is 22.2. The molecule has 7 nitrogen and oxygen atoms in total. The molecule has 11 heteroatoms. The number of hydrogen-bond donors (Lipinski definition) is 2. The van der Waals surface area contributed by atoms with Crippen LogP contribution in [0.15, 0.2) is 92.9 Å². The lowest BCUT2D eigenvalue weighted by atomic mass is 10.0. The van der Waals surface area contributed by atoms with E-state index in [9.17, 15) is 9.59 Å². The summed E-state index contributed by atoms with van der Waals surface area (Å²) in [6, 6.07) is 23.1. The average Bonchev–Trinajstić information content (AvgIpc) is 3.34. The van der Waals surface area contributed by atoms with E-state index in [1.165, 1.54) is 6.21 Å². The summed E-state index contributed by atoms with van der Waals surface area (Å²) in [5, 5.41) is 6.05. The summed E-state index contributed by atoms with van der Waals surface area (Å²) in [5.74, 6) is -0.819.